The van der Waals surface area contributed by atoms with Crippen molar-refractivity contribution >= 4 is 5.91 Å². The maximum atomic E-state index is 12.9. The van der Waals surface area contributed by atoms with E-state index in [1.54, 1.807) is 0 Å². The Morgan fingerprint density at radius 1 is 1.14 bits per heavy atom. The van der Waals surface area contributed by atoms with Crippen molar-refractivity contribution in [2.75, 3.05) is 13.6 Å². The Balaban J connectivity index is 1.72. The molecule has 3 unspecified atom stereocenters. The first-order chi connectivity index (χ1) is 9.99. The van der Waals surface area contributed by atoms with Gasteiger partial charge in [0.25, 0.3) is 0 Å². The van der Waals surface area contributed by atoms with Crippen LogP contribution in [0.4, 0.5) is 0 Å². The Labute approximate surface area is 129 Å². The molecular formula is C18H32N2O. The monoisotopic (exact) mass is 292 g/mol. The van der Waals surface area contributed by atoms with Crippen LogP contribution in [-0.2, 0) is 4.79 Å². The molecule has 0 aromatic rings. The molecule has 0 spiro atoms. The molecule has 3 nitrogen and oxygen atoms in total. The molecule has 3 rings (SSSR count). The maximum Gasteiger partial charge on any atom is 0.240 e. The number of fused-ring (bicyclic) bond motifs is 2. The van der Waals surface area contributed by atoms with E-state index in [4.69, 9.17) is 0 Å². The Morgan fingerprint density at radius 3 is 2.43 bits per heavy atom. The van der Waals surface area contributed by atoms with Crippen LogP contribution in [0, 0.1) is 17.8 Å². The number of rotatable bonds is 3. The predicted octanol–water partition coefficient (Wildman–Crippen LogP) is 3.19. The number of hydrogen-bond acceptors (Lipinski definition) is 2. The van der Waals surface area contributed by atoms with Crippen LogP contribution in [0.15, 0.2) is 0 Å². The van der Waals surface area contributed by atoms with E-state index >= 15 is 0 Å². The smallest absolute Gasteiger partial charge is 0.240 e. The molecule has 2 aliphatic carbocycles. The Hall–Kier alpha value is -0.570. The molecule has 3 heteroatoms. The van der Waals surface area contributed by atoms with E-state index in [9.17, 15) is 4.79 Å². The molecule has 2 bridgehead atoms. The van der Waals surface area contributed by atoms with E-state index in [1.807, 2.05) is 7.05 Å². The predicted molar refractivity (Wildman–Crippen MR) is 86.0 cm³/mol. The second-order valence-corrected chi connectivity index (χ2v) is 8.38. The Kier molecular flexibility index (Phi) is 4.31. The first kappa shape index (κ1) is 15.3. The lowest BCUT2D eigenvalue weighted by atomic mass is 9.80. The molecule has 0 aromatic heterocycles. The van der Waals surface area contributed by atoms with E-state index in [0.717, 1.165) is 43.6 Å². The van der Waals surface area contributed by atoms with Crippen LogP contribution in [0.25, 0.3) is 0 Å². The summed E-state index contributed by atoms with van der Waals surface area (Å²) in [7, 11) is 1.93. The number of carbonyl (C=O) groups excluding carboxylic acids is 1. The topological polar surface area (TPSA) is 32.3 Å². The quantitative estimate of drug-likeness (QED) is 0.866. The van der Waals surface area contributed by atoms with E-state index in [0.29, 0.717) is 5.91 Å². The highest BCUT2D eigenvalue weighted by atomic mass is 16.2. The average Bonchev–Trinajstić information content (AvgIpc) is 2.74. The second kappa shape index (κ2) is 5.91. The van der Waals surface area contributed by atoms with Gasteiger partial charge in [-0.05, 0) is 77.2 Å². The van der Waals surface area contributed by atoms with Crippen molar-refractivity contribution in [3.63, 3.8) is 0 Å². The number of nitrogens with one attached hydrogen (secondary N) is 1. The van der Waals surface area contributed by atoms with Gasteiger partial charge in [-0.3, -0.25) is 4.79 Å². The highest BCUT2D eigenvalue weighted by Crippen LogP contribution is 2.45. The zero-order valence-electron chi connectivity index (χ0n) is 14.0. The Bertz CT molecular complexity index is 381. The van der Waals surface area contributed by atoms with Crippen molar-refractivity contribution in [2.45, 2.75) is 76.8 Å². The van der Waals surface area contributed by atoms with Gasteiger partial charge in [0, 0.05) is 12.1 Å². The molecule has 1 heterocycles. The van der Waals surface area contributed by atoms with Gasteiger partial charge in [-0.15, -0.1) is 0 Å². The summed E-state index contributed by atoms with van der Waals surface area (Å²) in [6.45, 7) is 5.53. The van der Waals surface area contributed by atoms with E-state index in [2.05, 4.69) is 24.1 Å². The van der Waals surface area contributed by atoms with E-state index in [1.165, 1.54) is 32.1 Å². The van der Waals surface area contributed by atoms with Crippen LogP contribution in [0.3, 0.4) is 0 Å². The molecule has 120 valence electrons. The van der Waals surface area contributed by atoms with Crippen LogP contribution in [0.2, 0.25) is 0 Å². The van der Waals surface area contributed by atoms with Crippen LogP contribution < -0.4 is 5.32 Å². The normalized spacial score (nSPS) is 39.4. The number of likely N-dealkylation sites (N-methyl/N-ethyl adjacent to an activating group) is 1. The minimum Gasteiger partial charge on any atom is -0.336 e. The summed E-state index contributed by atoms with van der Waals surface area (Å²) in [5, 5.41) is 3.24. The van der Waals surface area contributed by atoms with Gasteiger partial charge in [-0.1, -0.05) is 12.8 Å². The molecule has 1 amide bonds. The number of nitrogens with zero attached hydrogens (tertiary/aromatic N) is 1. The summed E-state index contributed by atoms with van der Waals surface area (Å²) < 4.78 is 0. The molecule has 1 saturated heterocycles. The maximum absolute atomic E-state index is 12.9. The summed E-state index contributed by atoms with van der Waals surface area (Å²) in [5.74, 6) is 3.01. The van der Waals surface area contributed by atoms with Crippen molar-refractivity contribution in [3.05, 3.63) is 0 Å². The molecule has 2 saturated carbocycles. The van der Waals surface area contributed by atoms with Crippen molar-refractivity contribution in [2.24, 2.45) is 17.8 Å². The molecular weight excluding hydrogens is 260 g/mol. The van der Waals surface area contributed by atoms with Crippen LogP contribution in [0.5, 0.6) is 0 Å². The largest absolute Gasteiger partial charge is 0.336 e. The lowest BCUT2D eigenvalue weighted by molar-refractivity contribution is -0.139. The summed E-state index contributed by atoms with van der Waals surface area (Å²) in [5.41, 5.74) is 0.0270. The van der Waals surface area contributed by atoms with Crippen molar-refractivity contribution < 1.29 is 4.79 Å². The summed E-state index contributed by atoms with van der Waals surface area (Å²) in [4.78, 5) is 15.1. The zero-order chi connectivity index (χ0) is 15.0. The van der Waals surface area contributed by atoms with Gasteiger partial charge in [0.2, 0.25) is 5.91 Å². The lowest BCUT2D eigenvalue weighted by Gasteiger charge is -2.42. The summed E-state index contributed by atoms with van der Waals surface area (Å²) in [6.07, 6.45) is 10.3. The van der Waals surface area contributed by atoms with Gasteiger partial charge in [-0.2, -0.15) is 0 Å². The highest BCUT2D eigenvalue weighted by molar-refractivity contribution is 5.82. The molecule has 1 N–H and O–H groups in total. The summed E-state index contributed by atoms with van der Waals surface area (Å²) >= 11 is 0. The fourth-order valence-electron chi connectivity index (χ4n) is 5.14. The minimum absolute atomic E-state index is 0.0270. The van der Waals surface area contributed by atoms with Crippen molar-refractivity contribution in [1.29, 1.82) is 0 Å². The fraction of sp³-hybridized carbons (Fsp3) is 0.944. The van der Waals surface area contributed by atoms with Crippen LogP contribution in [0.1, 0.15) is 65.2 Å². The van der Waals surface area contributed by atoms with Gasteiger partial charge in [0.15, 0.2) is 0 Å². The van der Waals surface area contributed by atoms with E-state index in [-0.39, 0.29) is 11.6 Å². The molecule has 1 aliphatic heterocycles. The zero-order valence-corrected chi connectivity index (χ0v) is 14.0. The molecule has 0 radical (unpaired) electrons. The average molecular weight is 292 g/mol. The van der Waals surface area contributed by atoms with Gasteiger partial charge in [0.05, 0.1) is 6.04 Å². The first-order valence-electron chi connectivity index (χ1n) is 8.98. The number of likely N-dealkylation sites (tertiary alicyclic amines) is 1. The van der Waals surface area contributed by atoms with Gasteiger partial charge < -0.3 is 10.2 Å². The lowest BCUT2D eigenvalue weighted by Crippen LogP contribution is -2.54. The standard InChI is InChI=1S/C18H32N2O/c1-18(2)8-4-5-16(19-3)17(21)20(18)12-15-10-13-6-7-14(9-13)11-15/h13-16,19H,4-12H2,1-3H3. The van der Waals surface area contributed by atoms with Gasteiger partial charge in [0.1, 0.15) is 0 Å². The molecule has 0 aromatic carbocycles. The third-order valence-corrected chi connectivity index (χ3v) is 6.35. The van der Waals surface area contributed by atoms with Crippen LogP contribution >= 0.6 is 0 Å². The van der Waals surface area contributed by atoms with Crippen molar-refractivity contribution in [3.8, 4) is 0 Å². The van der Waals surface area contributed by atoms with Gasteiger partial charge in [-0.25, -0.2) is 0 Å². The van der Waals surface area contributed by atoms with Crippen molar-refractivity contribution in [1.82, 2.24) is 10.2 Å². The highest BCUT2D eigenvalue weighted by Gasteiger charge is 2.41. The number of hydrogen-bond donors (Lipinski definition) is 1. The Morgan fingerprint density at radius 2 is 1.81 bits per heavy atom. The minimum atomic E-state index is 0.0270. The number of carbonyl (C=O) groups is 1. The van der Waals surface area contributed by atoms with E-state index < -0.39 is 0 Å². The third-order valence-electron chi connectivity index (χ3n) is 6.35. The third kappa shape index (κ3) is 3.13. The summed E-state index contributed by atoms with van der Waals surface area (Å²) in [6, 6.07) is 0.0343. The molecule has 3 atom stereocenters. The molecule has 21 heavy (non-hydrogen) atoms. The fourth-order valence-corrected chi connectivity index (χ4v) is 5.14. The molecule has 3 fully saturated rings. The first-order valence-corrected chi connectivity index (χ1v) is 8.98. The van der Waals surface area contributed by atoms with Gasteiger partial charge >= 0.3 is 0 Å². The number of amides is 1. The molecule has 3 aliphatic rings. The second-order valence-electron chi connectivity index (χ2n) is 8.38. The van der Waals surface area contributed by atoms with Crippen LogP contribution in [-0.4, -0.2) is 36.0 Å². The SMILES string of the molecule is CNC1CCCC(C)(C)N(CC2CC3CCC(C3)C2)C1=O.